The van der Waals surface area contributed by atoms with Crippen LogP contribution in [0.2, 0.25) is 0 Å². The van der Waals surface area contributed by atoms with Crippen LogP contribution in [0.25, 0.3) is 33.4 Å². The second kappa shape index (κ2) is 13.2. The van der Waals surface area contributed by atoms with E-state index >= 15 is 0 Å². The Balaban J connectivity index is 0.989. The molecular weight excluding hydrogens is 530 g/mol. The van der Waals surface area contributed by atoms with Crippen molar-refractivity contribution in [1.29, 1.82) is 5.26 Å². The number of unbranched alkanes of at least 4 members (excludes halogenated alkanes) is 3. The summed E-state index contributed by atoms with van der Waals surface area (Å²) in [6.45, 7) is 8.66. The lowest BCUT2D eigenvalue weighted by Gasteiger charge is -2.40. The minimum atomic E-state index is 0.285. The van der Waals surface area contributed by atoms with Gasteiger partial charge in [0.05, 0.1) is 38.1 Å². The SMILES string of the molecule is CCC1(COCCCCCCOc2ccc(-c3ccc4c(c3)C(C)c3cc(-c5ccc(C#N)cc5)ccc3-4)cc2)COC1. The van der Waals surface area contributed by atoms with Crippen molar-refractivity contribution in [2.45, 2.75) is 51.9 Å². The summed E-state index contributed by atoms with van der Waals surface area (Å²) in [5.74, 6) is 1.25. The van der Waals surface area contributed by atoms with Crippen molar-refractivity contribution >= 4 is 0 Å². The summed E-state index contributed by atoms with van der Waals surface area (Å²) < 4.78 is 17.3. The first-order valence-corrected chi connectivity index (χ1v) is 15.8. The lowest BCUT2D eigenvalue weighted by Crippen LogP contribution is -2.45. The molecule has 43 heavy (non-hydrogen) atoms. The maximum absolute atomic E-state index is 9.13. The Morgan fingerprint density at radius 3 is 1.84 bits per heavy atom. The standard InChI is InChI=1S/C39H41NO3/c1-3-39(26-42-27-39)25-41-20-6-4-5-7-21-43-34-16-12-31(13-17-34)33-15-19-36-35-18-14-32(22-37(35)28(2)38(36)23-33)30-10-8-29(24-40)9-11-30/h8-19,22-23,28H,3-7,20-21,25-27H2,1-2H3. The number of fused-ring (bicyclic) bond motifs is 3. The molecule has 4 heteroatoms. The number of nitriles is 1. The summed E-state index contributed by atoms with van der Waals surface area (Å²) in [6, 6.07) is 32.2. The molecule has 0 saturated carbocycles. The van der Waals surface area contributed by atoms with Gasteiger partial charge in [0, 0.05) is 17.9 Å². The molecule has 4 aromatic rings. The number of hydrogen-bond acceptors (Lipinski definition) is 4. The van der Waals surface area contributed by atoms with Crippen molar-refractivity contribution in [2.75, 3.05) is 33.0 Å². The maximum atomic E-state index is 9.13. The third-order valence-electron chi connectivity index (χ3n) is 9.29. The van der Waals surface area contributed by atoms with Crippen molar-refractivity contribution in [3.63, 3.8) is 0 Å². The highest BCUT2D eigenvalue weighted by molar-refractivity contribution is 5.84. The number of benzene rings is 4. The number of rotatable bonds is 13. The van der Waals surface area contributed by atoms with Gasteiger partial charge >= 0.3 is 0 Å². The Bertz CT molecular complexity index is 1570. The molecule has 2 aliphatic rings. The fourth-order valence-electron chi connectivity index (χ4n) is 6.26. The third-order valence-corrected chi connectivity index (χ3v) is 9.29. The van der Waals surface area contributed by atoms with Crippen LogP contribution >= 0.6 is 0 Å². The Kier molecular flexibility index (Phi) is 8.93. The van der Waals surface area contributed by atoms with Gasteiger partial charge < -0.3 is 14.2 Å². The van der Waals surface area contributed by atoms with Gasteiger partial charge in [-0.15, -0.1) is 0 Å². The average Bonchev–Trinajstić information content (AvgIpc) is 3.32. The lowest BCUT2D eigenvalue weighted by atomic mass is 9.84. The smallest absolute Gasteiger partial charge is 0.119 e. The second-order valence-corrected chi connectivity index (χ2v) is 12.2. The van der Waals surface area contributed by atoms with E-state index in [1.807, 2.05) is 24.3 Å². The van der Waals surface area contributed by atoms with Gasteiger partial charge in [0.2, 0.25) is 0 Å². The summed E-state index contributed by atoms with van der Waals surface area (Å²) in [7, 11) is 0. The second-order valence-electron chi connectivity index (χ2n) is 12.2. The van der Waals surface area contributed by atoms with E-state index in [0.717, 1.165) is 70.0 Å². The molecular formula is C39H41NO3. The van der Waals surface area contributed by atoms with E-state index in [0.29, 0.717) is 11.5 Å². The number of ether oxygens (including phenoxy) is 3. The van der Waals surface area contributed by atoms with Crippen LogP contribution in [0.3, 0.4) is 0 Å². The van der Waals surface area contributed by atoms with Crippen LogP contribution in [0, 0.1) is 16.7 Å². The van der Waals surface area contributed by atoms with E-state index in [9.17, 15) is 0 Å². The van der Waals surface area contributed by atoms with Gasteiger partial charge in [-0.3, -0.25) is 0 Å². The van der Waals surface area contributed by atoms with Gasteiger partial charge in [-0.2, -0.15) is 5.26 Å². The quantitative estimate of drug-likeness (QED) is 0.150. The van der Waals surface area contributed by atoms with Crippen LogP contribution in [0.15, 0.2) is 84.9 Å². The lowest BCUT2D eigenvalue weighted by molar-refractivity contribution is -0.150. The molecule has 0 spiro atoms. The van der Waals surface area contributed by atoms with Crippen LogP contribution in [-0.4, -0.2) is 33.0 Å². The van der Waals surface area contributed by atoms with Crippen molar-refractivity contribution in [1.82, 2.24) is 0 Å². The fraction of sp³-hybridized carbons (Fsp3) is 0.359. The van der Waals surface area contributed by atoms with Gasteiger partial charge in [-0.1, -0.05) is 68.8 Å². The van der Waals surface area contributed by atoms with Gasteiger partial charge in [0.1, 0.15) is 5.75 Å². The fourth-order valence-corrected chi connectivity index (χ4v) is 6.26. The van der Waals surface area contributed by atoms with E-state index in [2.05, 4.69) is 80.6 Å². The molecule has 1 unspecified atom stereocenters. The molecule has 6 rings (SSSR count). The minimum absolute atomic E-state index is 0.285. The molecule has 0 aromatic heterocycles. The Morgan fingerprint density at radius 2 is 1.30 bits per heavy atom. The predicted molar refractivity (Wildman–Crippen MR) is 173 cm³/mol. The van der Waals surface area contributed by atoms with Gasteiger partial charge in [-0.05, 0) is 107 Å². The molecule has 4 nitrogen and oxygen atoms in total. The van der Waals surface area contributed by atoms with Gasteiger partial charge in [0.25, 0.3) is 0 Å². The molecule has 0 bridgehead atoms. The molecule has 0 amide bonds. The highest BCUT2D eigenvalue weighted by atomic mass is 16.5. The van der Waals surface area contributed by atoms with Crippen LogP contribution in [0.1, 0.15) is 68.6 Å². The zero-order valence-corrected chi connectivity index (χ0v) is 25.4. The van der Waals surface area contributed by atoms with Crippen molar-refractivity contribution in [3.05, 3.63) is 102 Å². The van der Waals surface area contributed by atoms with Crippen LogP contribution in [0.4, 0.5) is 0 Å². The highest BCUT2D eigenvalue weighted by Gasteiger charge is 2.36. The van der Waals surface area contributed by atoms with Crippen LogP contribution in [0.5, 0.6) is 5.75 Å². The number of hydrogen-bond donors (Lipinski definition) is 0. The molecule has 0 N–H and O–H groups in total. The van der Waals surface area contributed by atoms with Crippen molar-refractivity contribution < 1.29 is 14.2 Å². The Labute approximate surface area is 256 Å². The topological polar surface area (TPSA) is 51.5 Å². The van der Waals surface area contributed by atoms with Gasteiger partial charge in [-0.25, -0.2) is 0 Å². The maximum Gasteiger partial charge on any atom is 0.119 e. The first-order chi connectivity index (χ1) is 21.1. The summed E-state index contributed by atoms with van der Waals surface area (Å²) in [4.78, 5) is 0. The van der Waals surface area contributed by atoms with E-state index in [1.165, 1.54) is 45.4 Å². The molecule has 0 radical (unpaired) electrons. The summed E-state index contributed by atoms with van der Waals surface area (Å²) in [6.07, 6.45) is 5.64. The molecule has 1 saturated heterocycles. The highest BCUT2D eigenvalue weighted by Crippen LogP contribution is 2.47. The average molecular weight is 572 g/mol. The van der Waals surface area contributed by atoms with E-state index in [4.69, 9.17) is 19.5 Å². The summed E-state index contributed by atoms with van der Waals surface area (Å²) in [5, 5.41) is 9.13. The van der Waals surface area contributed by atoms with E-state index in [1.54, 1.807) is 0 Å². The monoisotopic (exact) mass is 571 g/mol. The van der Waals surface area contributed by atoms with Crippen LogP contribution < -0.4 is 4.74 Å². The van der Waals surface area contributed by atoms with Crippen molar-refractivity contribution in [3.8, 4) is 45.2 Å². The Hall–Kier alpha value is -3.91. The molecule has 1 aliphatic carbocycles. The summed E-state index contributed by atoms with van der Waals surface area (Å²) >= 11 is 0. The molecule has 1 atom stereocenters. The zero-order valence-electron chi connectivity index (χ0n) is 25.4. The normalized spacial score (nSPS) is 16.2. The first kappa shape index (κ1) is 29.2. The molecule has 1 heterocycles. The Morgan fingerprint density at radius 1 is 0.744 bits per heavy atom. The van der Waals surface area contributed by atoms with Gasteiger partial charge in [0.15, 0.2) is 0 Å². The summed E-state index contributed by atoms with van der Waals surface area (Å²) in [5.41, 5.74) is 11.1. The van der Waals surface area contributed by atoms with Crippen molar-refractivity contribution in [2.24, 2.45) is 5.41 Å². The largest absolute Gasteiger partial charge is 0.494 e. The van der Waals surface area contributed by atoms with E-state index < -0.39 is 0 Å². The minimum Gasteiger partial charge on any atom is -0.494 e. The number of nitrogens with zero attached hydrogens (tertiary/aromatic N) is 1. The molecule has 1 fully saturated rings. The van der Waals surface area contributed by atoms with E-state index in [-0.39, 0.29) is 5.41 Å². The molecule has 1 aliphatic heterocycles. The first-order valence-electron chi connectivity index (χ1n) is 15.8. The van der Waals surface area contributed by atoms with Crippen LogP contribution in [-0.2, 0) is 9.47 Å². The molecule has 220 valence electrons. The zero-order chi connectivity index (χ0) is 29.6. The molecule has 4 aromatic carbocycles. The third kappa shape index (κ3) is 6.39. The predicted octanol–water partition coefficient (Wildman–Crippen LogP) is 9.41.